The van der Waals surface area contributed by atoms with E-state index >= 15 is 0 Å². The Morgan fingerprint density at radius 3 is 1.84 bits per heavy atom. The number of methoxy groups -OCH3 is 1. The summed E-state index contributed by atoms with van der Waals surface area (Å²) in [5.74, 6) is 0.782. The van der Waals surface area contributed by atoms with Gasteiger partial charge >= 0.3 is 14.2 Å². The highest BCUT2D eigenvalue weighted by Crippen LogP contribution is 2.55. The molecule has 0 saturated carbocycles. The summed E-state index contributed by atoms with van der Waals surface area (Å²) in [7, 11) is 0.722. The number of carbonyl (C=O) groups is 1. The lowest BCUT2D eigenvalue weighted by atomic mass is 9.65. The van der Waals surface area contributed by atoms with Crippen molar-refractivity contribution in [1.29, 1.82) is 0 Å². The van der Waals surface area contributed by atoms with Crippen LogP contribution in [0.3, 0.4) is 0 Å². The van der Waals surface area contributed by atoms with E-state index in [2.05, 4.69) is 88.4 Å². The molecule has 0 bridgehead atoms. The Hall–Kier alpha value is -3.68. The third-order valence-electron chi connectivity index (χ3n) is 9.25. The number of carbonyl (C=O) groups excluding carboxylic acids is 1. The third kappa shape index (κ3) is 5.14. The minimum atomic E-state index is -0.716. The van der Waals surface area contributed by atoms with Gasteiger partial charge in [0.05, 0.1) is 12.5 Å². The van der Waals surface area contributed by atoms with Gasteiger partial charge in [0.2, 0.25) is 0 Å². The second-order valence-electron chi connectivity index (χ2n) is 14.0. The fraction of sp³-hybridized carbons (Fsp3) is 0.324. The Morgan fingerprint density at radius 1 is 0.689 bits per heavy atom. The molecule has 0 spiro atoms. The number of hydrogen-bond acceptors (Lipinski definition) is 6. The van der Waals surface area contributed by atoms with E-state index in [9.17, 15) is 4.79 Å². The number of benzene rings is 4. The summed E-state index contributed by atoms with van der Waals surface area (Å²) in [6.07, 6.45) is 0.884. The topological polar surface area (TPSA) is 63.2 Å². The molecule has 0 amide bonds. The lowest BCUT2D eigenvalue weighted by molar-refractivity contribution is 0.0342. The van der Waals surface area contributed by atoms with Crippen LogP contribution in [0.1, 0.15) is 60.3 Å². The zero-order valence-corrected chi connectivity index (χ0v) is 26.6. The summed E-state index contributed by atoms with van der Waals surface area (Å²) in [6, 6.07) is 29.2. The molecule has 1 aliphatic carbocycles. The minimum absolute atomic E-state index is 0.0416. The summed E-state index contributed by atoms with van der Waals surface area (Å²) in [6.45, 7) is 11.1. The van der Waals surface area contributed by atoms with Gasteiger partial charge in [0.15, 0.2) is 0 Å². The molecule has 2 saturated heterocycles. The predicted octanol–water partition coefficient (Wildman–Crippen LogP) is 5.41. The molecular formula is C37H38B2O6. The maximum atomic E-state index is 11.7. The van der Waals surface area contributed by atoms with Gasteiger partial charge in [0.25, 0.3) is 0 Å². The fourth-order valence-electron chi connectivity index (χ4n) is 6.96. The second kappa shape index (κ2) is 11.3. The molecule has 7 rings (SSSR count). The molecule has 228 valence electrons. The van der Waals surface area contributed by atoms with E-state index in [0.717, 1.165) is 56.3 Å². The molecule has 2 fully saturated rings. The van der Waals surface area contributed by atoms with Crippen LogP contribution in [0.4, 0.5) is 0 Å². The molecule has 0 aromatic heterocycles. The fourth-order valence-corrected chi connectivity index (χ4v) is 6.96. The van der Waals surface area contributed by atoms with Crippen LogP contribution in [0.25, 0.3) is 11.1 Å². The van der Waals surface area contributed by atoms with Crippen LogP contribution >= 0.6 is 0 Å². The Balaban J connectivity index is 1.49. The van der Waals surface area contributed by atoms with E-state index in [0.29, 0.717) is 32.0 Å². The zero-order valence-electron chi connectivity index (χ0n) is 26.6. The first-order chi connectivity index (χ1) is 21.6. The van der Waals surface area contributed by atoms with E-state index < -0.39 is 19.7 Å². The van der Waals surface area contributed by atoms with Gasteiger partial charge in [-0.3, -0.25) is 4.79 Å². The van der Waals surface area contributed by atoms with Gasteiger partial charge in [0, 0.05) is 42.8 Å². The third-order valence-corrected chi connectivity index (χ3v) is 9.25. The highest BCUT2D eigenvalue weighted by atomic mass is 16.6. The molecule has 1 atom stereocenters. The zero-order chi connectivity index (χ0) is 31.4. The molecule has 45 heavy (non-hydrogen) atoms. The van der Waals surface area contributed by atoms with Crippen LogP contribution in [0.2, 0.25) is 0 Å². The minimum Gasteiger partial charge on any atom is -0.497 e. The van der Waals surface area contributed by atoms with Crippen LogP contribution in [0.5, 0.6) is 5.75 Å². The number of aldehydes is 1. The highest BCUT2D eigenvalue weighted by molar-refractivity contribution is 6.63. The Labute approximate surface area is 266 Å². The van der Waals surface area contributed by atoms with Gasteiger partial charge in [0.1, 0.15) is 12.0 Å². The van der Waals surface area contributed by atoms with Gasteiger partial charge in [-0.05, 0) is 56.4 Å². The smallest absolute Gasteiger partial charge is 0.494 e. The molecule has 4 aromatic carbocycles. The van der Waals surface area contributed by atoms with Crippen LogP contribution in [0, 0.1) is 10.8 Å². The van der Waals surface area contributed by atoms with Crippen LogP contribution in [-0.4, -0.2) is 54.1 Å². The van der Waals surface area contributed by atoms with Crippen LogP contribution in [-0.2, 0) is 24.0 Å². The normalized spacial score (nSPS) is 21.6. The van der Waals surface area contributed by atoms with E-state index in [1.807, 2.05) is 24.3 Å². The molecule has 4 aromatic rings. The summed E-state index contributed by atoms with van der Waals surface area (Å²) in [5, 5.41) is 0. The molecular weight excluding hydrogens is 562 g/mol. The first kappa shape index (κ1) is 30.0. The van der Waals surface area contributed by atoms with E-state index in [1.165, 1.54) is 0 Å². The number of ether oxygens (including phenoxy) is 1. The van der Waals surface area contributed by atoms with Gasteiger partial charge < -0.3 is 23.4 Å². The maximum Gasteiger partial charge on any atom is 0.494 e. The summed E-state index contributed by atoms with van der Waals surface area (Å²) < 4.78 is 30.9. The molecule has 0 N–H and O–H groups in total. The molecule has 8 heteroatoms. The average Bonchev–Trinajstić information content (AvgIpc) is 3.35. The lowest BCUT2D eigenvalue weighted by Gasteiger charge is -2.36. The first-order valence-corrected chi connectivity index (χ1v) is 15.6. The van der Waals surface area contributed by atoms with Gasteiger partial charge in [-0.25, -0.2) is 0 Å². The Kier molecular flexibility index (Phi) is 7.52. The van der Waals surface area contributed by atoms with Crippen molar-refractivity contribution < 1.29 is 28.1 Å². The quantitative estimate of drug-likeness (QED) is 0.192. The second-order valence-corrected chi connectivity index (χ2v) is 14.0. The summed E-state index contributed by atoms with van der Waals surface area (Å²) in [4.78, 5) is 11.7. The summed E-state index contributed by atoms with van der Waals surface area (Å²) in [5.41, 5.74) is 8.35. The monoisotopic (exact) mass is 600 g/mol. The van der Waals surface area contributed by atoms with Gasteiger partial charge in [-0.2, -0.15) is 0 Å². The van der Waals surface area contributed by atoms with Crippen molar-refractivity contribution in [1.82, 2.24) is 0 Å². The number of hydrogen-bond donors (Lipinski definition) is 0. The van der Waals surface area contributed by atoms with Crippen molar-refractivity contribution in [3.8, 4) is 16.9 Å². The SMILES string of the molecule is COc1ccc(C2(c3ccc(C=O)cc3)c3cc(B4OCC(C)(C)CO4)ccc3-c3c(B4OCC(C)(C)CO4)cccc32)cc1. The average molecular weight is 600 g/mol. The van der Waals surface area contributed by atoms with E-state index in [-0.39, 0.29) is 10.8 Å². The van der Waals surface area contributed by atoms with Crippen molar-refractivity contribution in [3.05, 3.63) is 113 Å². The van der Waals surface area contributed by atoms with Gasteiger partial charge in [-0.1, -0.05) is 100 Å². The Morgan fingerprint density at radius 2 is 1.27 bits per heavy atom. The van der Waals surface area contributed by atoms with Crippen LogP contribution in [0.15, 0.2) is 84.9 Å². The Bertz CT molecular complexity index is 1710. The molecule has 0 radical (unpaired) electrons. The molecule has 2 heterocycles. The first-order valence-electron chi connectivity index (χ1n) is 15.6. The summed E-state index contributed by atoms with van der Waals surface area (Å²) >= 11 is 0. The van der Waals surface area contributed by atoms with Crippen molar-refractivity contribution in [3.63, 3.8) is 0 Å². The largest absolute Gasteiger partial charge is 0.497 e. The molecule has 3 aliphatic rings. The number of fused-ring (bicyclic) bond motifs is 3. The van der Waals surface area contributed by atoms with E-state index in [1.54, 1.807) is 7.11 Å². The maximum absolute atomic E-state index is 11.7. The van der Waals surface area contributed by atoms with Gasteiger partial charge in [-0.15, -0.1) is 0 Å². The predicted molar refractivity (Wildman–Crippen MR) is 178 cm³/mol. The van der Waals surface area contributed by atoms with Crippen LogP contribution < -0.4 is 15.7 Å². The van der Waals surface area contributed by atoms with Crippen molar-refractivity contribution in [2.75, 3.05) is 33.5 Å². The van der Waals surface area contributed by atoms with E-state index in [4.69, 9.17) is 23.4 Å². The molecule has 1 unspecified atom stereocenters. The van der Waals surface area contributed by atoms with Crippen molar-refractivity contribution in [2.45, 2.75) is 33.1 Å². The van der Waals surface area contributed by atoms with Crippen molar-refractivity contribution >= 4 is 31.4 Å². The van der Waals surface area contributed by atoms with Crippen molar-refractivity contribution in [2.24, 2.45) is 10.8 Å². The lowest BCUT2D eigenvalue weighted by Crippen LogP contribution is -2.48. The molecule has 2 aliphatic heterocycles. The molecule has 6 nitrogen and oxygen atoms in total. The highest BCUT2D eigenvalue weighted by Gasteiger charge is 2.49. The standard InChI is InChI=1S/C37H38B2O6/c1-35(2)21-42-38(43-22-35)28-15-18-30-32(19-28)37(26-11-9-25(20-40)10-12-26,27-13-16-29(41-5)17-14-27)31-7-6-8-33(34(30)31)39-44-23-36(3,4)24-45-39/h6-20H,21-24H2,1-5H3. The number of rotatable bonds is 6.